The highest BCUT2D eigenvalue weighted by Gasteiger charge is 2.50. The number of rotatable bonds is 4. The van der Waals surface area contributed by atoms with Crippen molar-refractivity contribution in [3.05, 3.63) is 53.6 Å². The van der Waals surface area contributed by atoms with E-state index in [1.54, 1.807) is 4.90 Å². The predicted octanol–water partition coefficient (Wildman–Crippen LogP) is 3.11. The molecule has 2 heterocycles. The molecule has 2 aromatic carbocycles. The van der Waals surface area contributed by atoms with Gasteiger partial charge in [0.2, 0.25) is 5.91 Å². The monoisotopic (exact) mass is 428 g/mol. The molecule has 4 rings (SSSR count). The molecule has 6 nitrogen and oxygen atoms in total. The second-order valence-corrected chi connectivity index (χ2v) is 10.7. The highest BCUT2D eigenvalue weighted by atomic mass is 32.2. The van der Waals surface area contributed by atoms with Gasteiger partial charge in [0.1, 0.15) is 5.75 Å². The third kappa shape index (κ3) is 3.90. The number of benzene rings is 2. The fourth-order valence-electron chi connectivity index (χ4n) is 4.36. The lowest BCUT2D eigenvalue weighted by Gasteiger charge is -2.44. The Kier molecular flexibility index (Phi) is 5.26. The number of hydrogen-bond donors (Lipinski definition) is 0. The Hall–Kier alpha value is -2.54. The number of hydrogen-bond acceptors (Lipinski definition) is 5. The van der Waals surface area contributed by atoms with Gasteiger partial charge in [-0.1, -0.05) is 6.07 Å². The fraction of sp³-hybridized carbons (Fsp3) is 0.435. The van der Waals surface area contributed by atoms with Crippen LogP contribution in [-0.4, -0.2) is 50.6 Å². The van der Waals surface area contributed by atoms with Crippen molar-refractivity contribution >= 4 is 27.1 Å². The minimum atomic E-state index is -3.24. The Bertz CT molecular complexity index is 1060. The van der Waals surface area contributed by atoms with Gasteiger partial charge < -0.3 is 14.5 Å². The van der Waals surface area contributed by atoms with E-state index in [0.29, 0.717) is 0 Å². The van der Waals surface area contributed by atoms with Gasteiger partial charge in [-0.15, -0.1) is 0 Å². The van der Waals surface area contributed by atoms with Gasteiger partial charge in [-0.3, -0.25) is 4.79 Å². The number of fused-ring (bicyclic) bond motifs is 1. The molecule has 2 fully saturated rings. The lowest BCUT2D eigenvalue weighted by Crippen LogP contribution is -2.62. The minimum absolute atomic E-state index is 0.0125. The molecule has 30 heavy (non-hydrogen) atoms. The number of aryl methyl sites for hydroxylation is 2. The lowest BCUT2D eigenvalue weighted by molar-refractivity contribution is -0.118. The van der Waals surface area contributed by atoms with Crippen LogP contribution in [0.3, 0.4) is 0 Å². The number of ether oxygens (including phenoxy) is 1. The van der Waals surface area contributed by atoms with E-state index in [1.807, 2.05) is 75.1 Å². The van der Waals surface area contributed by atoms with Crippen LogP contribution >= 0.6 is 0 Å². The van der Waals surface area contributed by atoms with Crippen LogP contribution in [0.1, 0.15) is 25.0 Å². The van der Waals surface area contributed by atoms with Gasteiger partial charge in [0.25, 0.3) is 0 Å². The molecule has 0 radical (unpaired) electrons. The Balaban J connectivity index is 1.68. The van der Waals surface area contributed by atoms with Gasteiger partial charge in [-0.05, 0) is 75.2 Å². The first-order valence-electron chi connectivity index (χ1n) is 10.3. The molecule has 0 bridgehead atoms. The summed E-state index contributed by atoms with van der Waals surface area (Å²) in [7, 11) is -3.24. The summed E-state index contributed by atoms with van der Waals surface area (Å²) in [5.74, 6) is 0.710. The van der Waals surface area contributed by atoms with Gasteiger partial charge in [0, 0.05) is 11.4 Å². The van der Waals surface area contributed by atoms with Crippen molar-refractivity contribution in [2.45, 2.75) is 45.9 Å². The zero-order valence-corrected chi connectivity index (χ0v) is 18.6. The molecule has 0 aliphatic carbocycles. The first kappa shape index (κ1) is 20.7. The Morgan fingerprint density at radius 1 is 0.933 bits per heavy atom. The smallest absolute Gasteiger partial charge is 0.246 e. The van der Waals surface area contributed by atoms with Crippen molar-refractivity contribution in [1.29, 1.82) is 0 Å². The van der Waals surface area contributed by atoms with Crippen LogP contribution in [0.5, 0.6) is 5.75 Å². The molecule has 160 valence electrons. The van der Waals surface area contributed by atoms with Crippen molar-refractivity contribution < 1.29 is 17.9 Å². The van der Waals surface area contributed by atoms with Gasteiger partial charge >= 0.3 is 0 Å². The molecule has 0 unspecified atom stereocenters. The first-order chi connectivity index (χ1) is 14.1. The quantitative estimate of drug-likeness (QED) is 0.749. The summed E-state index contributed by atoms with van der Waals surface area (Å²) in [6.07, 6.45) is 0.0725. The number of piperazine rings is 1. The van der Waals surface area contributed by atoms with Gasteiger partial charge in [-0.2, -0.15) is 0 Å². The third-order valence-corrected chi connectivity index (χ3v) is 7.61. The molecule has 2 aromatic rings. The number of sulfone groups is 1. The van der Waals surface area contributed by atoms with Crippen molar-refractivity contribution in [2.75, 3.05) is 27.9 Å². The van der Waals surface area contributed by atoms with E-state index >= 15 is 0 Å². The lowest BCUT2D eigenvalue weighted by atomic mass is 10.0. The highest BCUT2D eigenvalue weighted by Crippen LogP contribution is 2.35. The number of nitrogens with zero attached hydrogens (tertiary/aromatic N) is 2. The van der Waals surface area contributed by atoms with Crippen LogP contribution in [0.2, 0.25) is 0 Å². The van der Waals surface area contributed by atoms with Crippen LogP contribution in [-0.2, 0) is 14.6 Å². The average Bonchev–Trinajstić information content (AvgIpc) is 2.98. The average molecular weight is 429 g/mol. The van der Waals surface area contributed by atoms with Gasteiger partial charge in [0.15, 0.2) is 9.84 Å². The number of anilines is 2. The van der Waals surface area contributed by atoms with E-state index in [-0.39, 0.29) is 36.1 Å². The zero-order valence-electron chi connectivity index (χ0n) is 17.8. The maximum atomic E-state index is 13.2. The minimum Gasteiger partial charge on any atom is -0.491 e. The van der Waals surface area contributed by atoms with Crippen LogP contribution in [0.15, 0.2) is 42.5 Å². The topological polar surface area (TPSA) is 66.9 Å². The molecular formula is C23H28N2O4S. The first-order valence-corrected chi connectivity index (χ1v) is 12.1. The van der Waals surface area contributed by atoms with Crippen molar-refractivity contribution in [1.82, 2.24) is 0 Å². The molecule has 2 aliphatic heterocycles. The molecule has 0 aromatic heterocycles. The molecule has 0 N–H and O–H groups in total. The summed E-state index contributed by atoms with van der Waals surface area (Å²) in [6.45, 7) is 8.10. The molecule has 7 heteroatoms. The van der Waals surface area contributed by atoms with Crippen molar-refractivity contribution in [3.63, 3.8) is 0 Å². The Labute approximate surface area is 178 Å². The summed E-state index contributed by atoms with van der Waals surface area (Å²) in [5.41, 5.74) is 3.84. The maximum Gasteiger partial charge on any atom is 0.246 e. The fourth-order valence-corrected chi connectivity index (χ4v) is 6.31. The molecule has 2 saturated heterocycles. The summed E-state index contributed by atoms with van der Waals surface area (Å²) in [5, 5.41) is 0. The standard InChI is InChI=1S/C23H28N2O4S/c1-15(2)29-20-9-7-18(8-10-20)24-12-23(26)25(19-6-5-16(3)17(4)11-19)22-14-30(27,28)13-21(22)24/h5-11,15,21-22H,12-14H2,1-4H3/t21-,22+/m0/s1. The molecule has 2 atom stereocenters. The summed E-state index contributed by atoms with van der Waals surface area (Å²) in [4.78, 5) is 16.8. The number of carbonyl (C=O) groups excluding carboxylic acids is 1. The molecule has 0 saturated carbocycles. The van der Waals surface area contributed by atoms with E-state index in [9.17, 15) is 13.2 Å². The molecule has 1 amide bonds. The zero-order chi connectivity index (χ0) is 21.6. The Morgan fingerprint density at radius 2 is 1.57 bits per heavy atom. The number of carbonyl (C=O) groups is 1. The van der Waals surface area contributed by atoms with Crippen molar-refractivity contribution in [2.24, 2.45) is 0 Å². The summed E-state index contributed by atoms with van der Waals surface area (Å²) >= 11 is 0. The van der Waals surface area contributed by atoms with E-state index in [4.69, 9.17) is 4.74 Å². The van der Waals surface area contributed by atoms with Crippen LogP contribution in [0.4, 0.5) is 11.4 Å². The second kappa shape index (κ2) is 7.61. The second-order valence-electron chi connectivity index (χ2n) is 8.53. The van der Waals surface area contributed by atoms with Crippen molar-refractivity contribution in [3.8, 4) is 5.75 Å². The SMILES string of the molecule is Cc1ccc(N2C(=O)CN(c3ccc(OC(C)C)cc3)[C@H]3CS(=O)(=O)C[C@H]32)cc1C. The predicted molar refractivity (Wildman–Crippen MR) is 119 cm³/mol. The molecule has 0 spiro atoms. The van der Waals surface area contributed by atoms with Gasteiger partial charge in [-0.25, -0.2) is 8.42 Å². The third-order valence-electron chi connectivity index (χ3n) is 5.91. The van der Waals surface area contributed by atoms with Gasteiger partial charge in [0.05, 0.1) is 36.2 Å². The maximum absolute atomic E-state index is 13.2. The summed E-state index contributed by atoms with van der Waals surface area (Å²) < 4.78 is 30.8. The van der Waals surface area contributed by atoms with Crippen LogP contribution < -0.4 is 14.5 Å². The van der Waals surface area contributed by atoms with Crippen LogP contribution in [0.25, 0.3) is 0 Å². The number of amides is 1. The van der Waals surface area contributed by atoms with E-state index < -0.39 is 15.9 Å². The largest absolute Gasteiger partial charge is 0.491 e. The molecule has 2 aliphatic rings. The van der Waals surface area contributed by atoms with E-state index in [1.165, 1.54) is 0 Å². The van der Waals surface area contributed by atoms with E-state index in [2.05, 4.69) is 0 Å². The van der Waals surface area contributed by atoms with Crippen LogP contribution in [0, 0.1) is 13.8 Å². The highest BCUT2D eigenvalue weighted by molar-refractivity contribution is 7.91. The summed E-state index contributed by atoms with van der Waals surface area (Å²) in [6, 6.07) is 12.7. The molecular weight excluding hydrogens is 400 g/mol. The van der Waals surface area contributed by atoms with E-state index in [0.717, 1.165) is 28.3 Å². The Morgan fingerprint density at radius 3 is 2.20 bits per heavy atom. The normalized spacial score (nSPS) is 23.0.